The van der Waals surface area contributed by atoms with E-state index in [9.17, 15) is 0 Å². The zero-order valence-corrected chi connectivity index (χ0v) is 9.72. The Morgan fingerprint density at radius 1 is 0.714 bits per heavy atom. The quantitative estimate of drug-likeness (QED) is 0.468. The number of hydrogen-bond acceptors (Lipinski definition) is 0. The van der Waals surface area contributed by atoms with Gasteiger partial charge in [-0.1, -0.05) is 0 Å². The second-order valence-electron chi connectivity index (χ2n) is 0. The van der Waals surface area contributed by atoms with Gasteiger partial charge in [0.1, 0.15) is 0 Å². The third-order valence-electron chi connectivity index (χ3n) is 0. The van der Waals surface area contributed by atoms with Crippen LogP contribution in [0.2, 0.25) is 0 Å². The molecular formula is C4H12Br2Ti. The van der Waals surface area contributed by atoms with Crippen LogP contribution in [0.4, 0.5) is 0 Å². The Kier molecular flexibility index (Phi) is 659. The van der Waals surface area contributed by atoms with E-state index in [4.69, 9.17) is 0 Å². The largest absolute Gasteiger partial charge is 2.00 e. The maximum atomic E-state index is 3.25. The summed E-state index contributed by atoms with van der Waals surface area (Å²) < 4.78 is 0. The van der Waals surface area contributed by atoms with E-state index < -0.39 is 0 Å². The van der Waals surface area contributed by atoms with Gasteiger partial charge in [-0.25, -0.2) is 0 Å². The van der Waals surface area contributed by atoms with Crippen molar-refractivity contribution in [3.05, 3.63) is 13.8 Å². The van der Waals surface area contributed by atoms with Crippen LogP contribution in [-0.4, -0.2) is 0 Å². The first-order valence-electron chi connectivity index (χ1n) is 1.41. The number of hydrogen-bond donors (Lipinski definition) is 0. The van der Waals surface area contributed by atoms with E-state index >= 15 is 0 Å². The summed E-state index contributed by atoms with van der Waals surface area (Å²) in [6.07, 6.45) is 0. The number of rotatable bonds is 0. The van der Waals surface area contributed by atoms with E-state index in [0.29, 0.717) is 0 Å². The predicted octanol–water partition coefficient (Wildman–Crippen LogP) is 2.83. The molecule has 0 aliphatic rings. The van der Waals surface area contributed by atoms with E-state index in [1.807, 2.05) is 0 Å². The fourth-order valence-corrected chi connectivity index (χ4v) is 0. The molecule has 0 N–H and O–H groups in total. The van der Waals surface area contributed by atoms with Gasteiger partial charge >= 0.3 is 21.7 Å². The first-order chi connectivity index (χ1) is 2.00. The Balaban J connectivity index is -0.00000000267. The Labute approximate surface area is 82.9 Å². The summed E-state index contributed by atoms with van der Waals surface area (Å²) in [6, 6.07) is 0. The topological polar surface area (TPSA) is 0 Å². The molecule has 0 saturated carbocycles. The summed E-state index contributed by atoms with van der Waals surface area (Å²) in [4.78, 5) is 0. The average molecular weight is 268 g/mol. The normalized spacial score (nSPS) is 1.71. The van der Waals surface area contributed by atoms with Gasteiger partial charge in [0, 0.05) is 0 Å². The summed E-state index contributed by atoms with van der Waals surface area (Å²) in [6.45, 7) is 10.0. The fourth-order valence-electron chi connectivity index (χ4n) is 0. The molecule has 7 heavy (non-hydrogen) atoms. The zero-order chi connectivity index (χ0) is 4.00. The van der Waals surface area contributed by atoms with Crippen LogP contribution in [0.5, 0.6) is 0 Å². The minimum Gasteiger partial charge on any atom is -0.346 e. The minimum absolute atomic E-state index is 0. The molecule has 0 amide bonds. The average Bonchev–Trinajstić information content (AvgIpc) is 1.50. The SMILES string of the molecule is Br.Br.[CH2-]C.[CH2-]C.[Ti+2]. The molecule has 46 valence electrons. The fraction of sp³-hybridized carbons (Fsp3) is 0.500. The van der Waals surface area contributed by atoms with E-state index in [2.05, 4.69) is 13.8 Å². The van der Waals surface area contributed by atoms with Gasteiger partial charge < -0.3 is 13.8 Å². The van der Waals surface area contributed by atoms with Crippen LogP contribution in [0.25, 0.3) is 0 Å². The first-order valence-corrected chi connectivity index (χ1v) is 1.41. The summed E-state index contributed by atoms with van der Waals surface area (Å²) in [5.74, 6) is 0. The van der Waals surface area contributed by atoms with Crippen molar-refractivity contribution in [3.63, 3.8) is 0 Å². The first kappa shape index (κ1) is 37.8. The minimum atomic E-state index is 0. The van der Waals surface area contributed by atoms with E-state index in [0.717, 1.165) is 0 Å². The van der Waals surface area contributed by atoms with Crippen LogP contribution in [0.3, 0.4) is 0 Å². The van der Waals surface area contributed by atoms with Crippen molar-refractivity contribution in [2.24, 2.45) is 0 Å². The molecule has 0 aromatic heterocycles. The number of halogens is 2. The maximum Gasteiger partial charge on any atom is 2.00 e. The predicted molar refractivity (Wildman–Crippen MR) is 42.7 cm³/mol. The van der Waals surface area contributed by atoms with Crippen LogP contribution in [0, 0.1) is 13.8 Å². The van der Waals surface area contributed by atoms with Gasteiger partial charge in [-0.15, -0.1) is 34.0 Å². The van der Waals surface area contributed by atoms with Crippen LogP contribution in [-0.2, 0) is 21.7 Å². The second kappa shape index (κ2) is 122. The van der Waals surface area contributed by atoms with Crippen molar-refractivity contribution in [1.82, 2.24) is 0 Å². The van der Waals surface area contributed by atoms with E-state index in [-0.39, 0.29) is 55.7 Å². The van der Waals surface area contributed by atoms with Crippen LogP contribution in [0.15, 0.2) is 0 Å². The molecule has 0 aromatic carbocycles. The summed E-state index contributed by atoms with van der Waals surface area (Å²) in [7, 11) is 0. The van der Waals surface area contributed by atoms with Gasteiger partial charge in [0.05, 0.1) is 0 Å². The molecule has 0 nitrogen and oxygen atoms in total. The van der Waals surface area contributed by atoms with Gasteiger partial charge in [0.25, 0.3) is 0 Å². The molecular weight excluding hydrogens is 256 g/mol. The molecule has 0 radical (unpaired) electrons. The van der Waals surface area contributed by atoms with Crippen LogP contribution >= 0.6 is 34.0 Å². The standard InChI is InChI=1S/2C2H5.2BrH.Ti/c2*1-2;;;/h2*1H2,2H3;2*1H;/q2*-1;;;+2. The molecule has 0 heterocycles. The van der Waals surface area contributed by atoms with Crippen LogP contribution in [0.1, 0.15) is 13.8 Å². The Morgan fingerprint density at radius 2 is 0.714 bits per heavy atom. The van der Waals surface area contributed by atoms with Crippen molar-refractivity contribution in [3.8, 4) is 0 Å². The van der Waals surface area contributed by atoms with Crippen molar-refractivity contribution in [2.45, 2.75) is 13.8 Å². The second-order valence-corrected chi connectivity index (χ2v) is 0. The molecule has 0 saturated heterocycles. The molecule has 0 bridgehead atoms. The monoisotopic (exact) mass is 266 g/mol. The molecule has 0 aliphatic carbocycles. The Morgan fingerprint density at radius 3 is 0.714 bits per heavy atom. The molecule has 0 spiro atoms. The van der Waals surface area contributed by atoms with Gasteiger partial charge in [-0.05, 0) is 0 Å². The van der Waals surface area contributed by atoms with Crippen molar-refractivity contribution in [2.75, 3.05) is 0 Å². The van der Waals surface area contributed by atoms with Gasteiger partial charge in [0.15, 0.2) is 0 Å². The van der Waals surface area contributed by atoms with Crippen LogP contribution < -0.4 is 0 Å². The maximum absolute atomic E-state index is 3.25. The zero-order valence-electron chi connectivity index (χ0n) is 4.73. The molecule has 0 fully saturated rings. The smallest absolute Gasteiger partial charge is 0.346 e. The van der Waals surface area contributed by atoms with E-state index in [1.165, 1.54) is 0 Å². The molecule has 3 heteroatoms. The van der Waals surface area contributed by atoms with Gasteiger partial charge in [-0.3, -0.25) is 0 Å². The molecule has 0 unspecified atom stereocenters. The van der Waals surface area contributed by atoms with E-state index in [1.54, 1.807) is 13.8 Å². The molecule has 0 aromatic rings. The third kappa shape index (κ3) is 88.1. The summed E-state index contributed by atoms with van der Waals surface area (Å²) in [5.41, 5.74) is 0. The van der Waals surface area contributed by atoms with Crippen molar-refractivity contribution < 1.29 is 21.7 Å². The van der Waals surface area contributed by atoms with Crippen molar-refractivity contribution in [1.29, 1.82) is 0 Å². The van der Waals surface area contributed by atoms with Gasteiger partial charge in [-0.2, -0.15) is 13.8 Å². The summed E-state index contributed by atoms with van der Waals surface area (Å²) in [5, 5.41) is 0. The Hall–Kier alpha value is 1.67. The Bertz CT molecular complexity index is 9.65. The van der Waals surface area contributed by atoms with Gasteiger partial charge in [0.2, 0.25) is 0 Å². The van der Waals surface area contributed by atoms with Crippen molar-refractivity contribution >= 4 is 34.0 Å². The third-order valence-corrected chi connectivity index (χ3v) is 0. The molecule has 0 rings (SSSR count). The summed E-state index contributed by atoms with van der Waals surface area (Å²) >= 11 is 0. The molecule has 0 aliphatic heterocycles. The molecule has 0 atom stereocenters.